The highest BCUT2D eigenvalue weighted by Crippen LogP contribution is 2.31. The molecule has 1 N–H and O–H groups in total. The second-order valence-electron chi connectivity index (χ2n) is 6.44. The number of aryl methyl sites for hydroxylation is 1. The number of esters is 1. The topological polar surface area (TPSA) is 90.3 Å². The zero-order valence-electron chi connectivity index (χ0n) is 16.9. The van der Waals surface area contributed by atoms with Crippen LogP contribution in [0.25, 0.3) is 22.4 Å². The van der Waals surface area contributed by atoms with Crippen molar-refractivity contribution in [3.05, 3.63) is 76.6 Å². The number of nitrogens with one attached hydrogen (secondary N) is 1. The van der Waals surface area contributed by atoms with Gasteiger partial charge in [0.1, 0.15) is 12.1 Å². The van der Waals surface area contributed by atoms with Gasteiger partial charge in [0.15, 0.2) is 0 Å². The van der Waals surface area contributed by atoms with E-state index in [0.717, 1.165) is 5.56 Å². The normalized spacial score (nSPS) is 10.5. The van der Waals surface area contributed by atoms with Crippen LogP contribution in [-0.4, -0.2) is 34.8 Å². The van der Waals surface area contributed by atoms with Gasteiger partial charge in [0.2, 0.25) is 0 Å². The summed E-state index contributed by atoms with van der Waals surface area (Å²) in [6.07, 6.45) is 0. The maximum atomic E-state index is 13.1. The molecule has 1 aromatic heterocycles. The number of hydrogen-bond acceptors (Lipinski definition) is 5. The van der Waals surface area contributed by atoms with Crippen LogP contribution < -0.4 is 10.9 Å². The van der Waals surface area contributed by atoms with Gasteiger partial charge in [0, 0.05) is 17.7 Å². The molecule has 0 aliphatic heterocycles. The predicted molar refractivity (Wildman–Crippen MR) is 114 cm³/mol. The van der Waals surface area contributed by atoms with Gasteiger partial charge in [-0.25, -0.2) is 4.68 Å². The van der Waals surface area contributed by atoms with Crippen molar-refractivity contribution in [1.82, 2.24) is 15.1 Å². The van der Waals surface area contributed by atoms with E-state index in [1.165, 1.54) is 4.68 Å². The lowest BCUT2D eigenvalue weighted by atomic mass is 9.95. The molecule has 0 bridgehead atoms. The summed E-state index contributed by atoms with van der Waals surface area (Å²) >= 11 is 0. The van der Waals surface area contributed by atoms with E-state index >= 15 is 0 Å². The van der Waals surface area contributed by atoms with Crippen molar-refractivity contribution in [2.24, 2.45) is 0 Å². The van der Waals surface area contributed by atoms with E-state index in [2.05, 4.69) is 10.4 Å². The van der Waals surface area contributed by atoms with Crippen molar-refractivity contribution < 1.29 is 14.3 Å². The highest BCUT2D eigenvalue weighted by Gasteiger charge is 2.25. The van der Waals surface area contributed by atoms with Crippen LogP contribution in [0.4, 0.5) is 0 Å². The van der Waals surface area contributed by atoms with Gasteiger partial charge in [-0.3, -0.25) is 14.4 Å². The molecule has 0 saturated heterocycles. The molecule has 1 heterocycles. The molecule has 0 fully saturated rings. The van der Waals surface area contributed by atoms with Crippen molar-refractivity contribution in [3.63, 3.8) is 0 Å². The molecule has 7 heteroatoms. The van der Waals surface area contributed by atoms with Crippen LogP contribution in [0.5, 0.6) is 0 Å². The van der Waals surface area contributed by atoms with E-state index in [1.54, 1.807) is 13.8 Å². The average Bonchev–Trinajstić information content (AvgIpc) is 2.78. The number of aromatic nitrogens is 2. The van der Waals surface area contributed by atoms with Crippen LogP contribution in [0.2, 0.25) is 0 Å². The summed E-state index contributed by atoms with van der Waals surface area (Å²) in [5.41, 5.74) is 1.84. The Kier molecular flexibility index (Phi) is 6.75. The first kappa shape index (κ1) is 21.0. The molecule has 3 aromatic rings. The molecule has 0 aliphatic rings. The van der Waals surface area contributed by atoms with Gasteiger partial charge in [-0.15, -0.1) is 0 Å². The first-order chi connectivity index (χ1) is 14.6. The number of benzene rings is 2. The van der Waals surface area contributed by atoms with E-state index in [0.29, 0.717) is 23.4 Å². The van der Waals surface area contributed by atoms with Crippen molar-refractivity contribution in [1.29, 1.82) is 0 Å². The average molecular weight is 405 g/mol. The maximum Gasteiger partial charge on any atom is 0.325 e. The molecule has 30 heavy (non-hydrogen) atoms. The molecular formula is C23H23N3O4. The quantitative estimate of drug-likeness (QED) is 0.611. The highest BCUT2D eigenvalue weighted by molar-refractivity contribution is 6.04. The maximum absolute atomic E-state index is 13.1. The number of nitrogens with zero attached hydrogens (tertiary/aromatic N) is 2. The molecule has 3 rings (SSSR count). The fraction of sp³-hybridized carbons (Fsp3) is 0.217. The fourth-order valence-corrected chi connectivity index (χ4v) is 3.13. The lowest BCUT2D eigenvalue weighted by Crippen LogP contribution is -2.38. The molecular weight excluding hydrogens is 382 g/mol. The minimum Gasteiger partial charge on any atom is -0.465 e. The Balaban J connectivity index is 2.22. The number of rotatable bonds is 7. The minimum absolute atomic E-state index is 0.0544. The zero-order valence-corrected chi connectivity index (χ0v) is 16.9. The minimum atomic E-state index is -0.645. The number of carbonyl (C=O) groups excluding carboxylic acids is 2. The van der Waals surface area contributed by atoms with Gasteiger partial charge in [-0.05, 0) is 19.4 Å². The van der Waals surface area contributed by atoms with Crippen LogP contribution >= 0.6 is 0 Å². The lowest BCUT2D eigenvalue weighted by Gasteiger charge is -2.16. The molecule has 1 amide bonds. The summed E-state index contributed by atoms with van der Waals surface area (Å²) in [5.74, 6) is -1.21. The second-order valence-corrected chi connectivity index (χ2v) is 6.44. The van der Waals surface area contributed by atoms with Gasteiger partial charge in [-0.2, -0.15) is 5.10 Å². The van der Waals surface area contributed by atoms with Crippen LogP contribution in [0.1, 0.15) is 24.2 Å². The van der Waals surface area contributed by atoms with Crippen molar-refractivity contribution in [2.45, 2.75) is 20.4 Å². The summed E-state index contributed by atoms with van der Waals surface area (Å²) in [6.45, 7) is 3.65. The van der Waals surface area contributed by atoms with E-state index in [-0.39, 0.29) is 18.7 Å². The molecule has 0 aliphatic carbocycles. The molecule has 0 unspecified atom stereocenters. The second kappa shape index (κ2) is 9.65. The van der Waals surface area contributed by atoms with Gasteiger partial charge in [0.05, 0.1) is 12.3 Å². The molecule has 7 nitrogen and oxygen atoms in total. The molecule has 0 radical (unpaired) electrons. The van der Waals surface area contributed by atoms with Gasteiger partial charge < -0.3 is 10.1 Å². The van der Waals surface area contributed by atoms with E-state index < -0.39 is 17.4 Å². The van der Waals surface area contributed by atoms with E-state index in [1.807, 2.05) is 60.7 Å². The first-order valence-corrected chi connectivity index (χ1v) is 9.76. The zero-order chi connectivity index (χ0) is 21.5. The molecule has 0 saturated carbocycles. The summed E-state index contributed by atoms with van der Waals surface area (Å²) < 4.78 is 6.12. The monoisotopic (exact) mass is 405 g/mol. The summed E-state index contributed by atoms with van der Waals surface area (Å²) in [5, 5.41) is 7.05. The Hall–Kier alpha value is -3.74. The van der Waals surface area contributed by atoms with E-state index in [4.69, 9.17) is 4.74 Å². The fourth-order valence-electron chi connectivity index (χ4n) is 3.13. The third-order valence-corrected chi connectivity index (χ3v) is 4.49. The molecule has 2 aromatic carbocycles. The molecule has 0 atom stereocenters. The number of amides is 1. The largest absolute Gasteiger partial charge is 0.465 e. The Bertz CT molecular complexity index is 1090. The van der Waals surface area contributed by atoms with Crippen LogP contribution in [0, 0.1) is 0 Å². The van der Waals surface area contributed by atoms with Gasteiger partial charge in [-0.1, -0.05) is 60.7 Å². The van der Waals surface area contributed by atoms with Crippen molar-refractivity contribution in [3.8, 4) is 22.4 Å². The highest BCUT2D eigenvalue weighted by atomic mass is 16.5. The lowest BCUT2D eigenvalue weighted by molar-refractivity contribution is -0.141. The predicted octanol–water partition coefficient (Wildman–Crippen LogP) is 2.89. The van der Waals surface area contributed by atoms with Gasteiger partial charge >= 0.3 is 5.97 Å². The molecule has 154 valence electrons. The third-order valence-electron chi connectivity index (χ3n) is 4.49. The standard InChI is InChI=1S/C23H23N3O4/c1-3-26-23(29)20(22(28)24-15-18(27)30-4-2)19(16-11-7-5-8-12-16)21(25-26)17-13-9-6-10-14-17/h5-14H,3-4,15H2,1-2H3,(H,24,28). The van der Waals surface area contributed by atoms with Gasteiger partial charge in [0.25, 0.3) is 11.5 Å². The van der Waals surface area contributed by atoms with E-state index in [9.17, 15) is 14.4 Å². The first-order valence-electron chi connectivity index (χ1n) is 9.76. The van der Waals surface area contributed by atoms with Crippen molar-refractivity contribution in [2.75, 3.05) is 13.2 Å². The SMILES string of the molecule is CCOC(=O)CNC(=O)c1c(-c2ccccc2)c(-c2ccccc2)nn(CC)c1=O. The smallest absolute Gasteiger partial charge is 0.325 e. The number of hydrogen-bond donors (Lipinski definition) is 1. The van der Waals surface area contributed by atoms with Crippen LogP contribution in [0.15, 0.2) is 65.5 Å². The Morgan fingerprint density at radius 3 is 2.13 bits per heavy atom. The Morgan fingerprint density at radius 2 is 1.57 bits per heavy atom. The summed E-state index contributed by atoms with van der Waals surface area (Å²) in [6, 6.07) is 18.5. The summed E-state index contributed by atoms with van der Waals surface area (Å²) in [4.78, 5) is 37.9. The number of ether oxygens (including phenoxy) is 1. The Labute approximate surface area is 174 Å². The summed E-state index contributed by atoms with van der Waals surface area (Å²) in [7, 11) is 0. The Morgan fingerprint density at radius 1 is 0.967 bits per heavy atom. The molecule has 0 spiro atoms. The van der Waals surface area contributed by atoms with Crippen LogP contribution in [-0.2, 0) is 16.1 Å². The van der Waals surface area contributed by atoms with Crippen molar-refractivity contribution >= 4 is 11.9 Å². The van der Waals surface area contributed by atoms with Crippen LogP contribution in [0.3, 0.4) is 0 Å². The number of carbonyl (C=O) groups is 2. The third kappa shape index (κ3) is 4.46.